The van der Waals surface area contributed by atoms with Crippen LogP contribution >= 0.6 is 0 Å². The van der Waals surface area contributed by atoms with Gasteiger partial charge in [-0.25, -0.2) is 5.43 Å². The number of nitriles is 1. The molecule has 2 heterocycles. The Hall–Kier alpha value is -3.07. The van der Waals surface area contributed by atoms with Crippen LogP contribution in [0.1, 0.15) is 43.6 Å². The number of benzene rings is 1. The molecule has 0 saturated heterocycles. The maximum absolute atomic E-state index is 9.20. The van der Waals surface area contributed by atoms with Gasteiger partial charge in [-0.2, -0.15) is 15.3 Å². The summed E-state index contributed by atoms with van der Waals surface area (Å²) in [5.41, 5.74) is 5.79. The van der Waals surface area contributed by atoms with E-state index in [2.05, 4.69) is 20.5 Å². The molecule has 0 atom stereocenters. The quantitative estimate of drug-likeness (QED) is 0.562. The fourth-order valence-corrected chi connectivity index (χ4v) is 2.41. The Morgan fingerprint density at radius 1 is 1.33 bits per heavy atom. The molecular formula is C18H19N5O. The van der Waals surface area contributed by atoms with E-state index in [-0.39, 0.29) is 17.0 Å². The topological polar surface area (TPSA) is 90.0 Å². The van der Waals surface area contributed by atoms with Gasteiger partial charge in [0, 0.05) is 27.6 Å². The van der Waals surface area contributed by atoms with Crippen molar-refractivity contribution in [2.75, 3.05) is 5.43 Å². The number of nitrogens with zero attached hydrogens (tertiary/aromatic N) is 3. The molecule has 2 aromatic heterocycles. The Balaban J connectivity index is 1.88. The third kappa shape index (κ3) is 2.88. The Bertz CT molecular complexity index is 950. The van der Waals surface area contributed by atoms with Crippen molar-refractivity contribution < 1.29 is 4.42 Å². The van der Waals surface area contributed by atoms with E-state index in [4.69, 9.17) is 4.42 Å². The van der Waals surface area contributed by atoms with Gasteiger partial charge in [0.1, 0.15) is 6.07 Å². The first-order chi connectivity index (χ1) is 11.4. The number of aryl methyl sites for hydroxylation is 1. The van der Waals surface area contributed by atoms with Gasteiger partial charge >= 0.3 is 0 Å². The van der Waals surface area contributed by atoms with Crippen LogP contribution in [-0.2, 0) is 5.41 Å². The van der Waals surface area contributed by atoms with Crippen molar-refractivity contribution in [3.63, 3.8) is 0 Å². The lowest BCUT2D eigenvalue weighted by Gasteiger charge is -2.11. The first-order valence-electron chi connectivity index (χ1n) is 7.68. The van der Waals surface area contributed by atoms with E-state index in [9.17, 15) is 5.26 Å². The zero-order chi connectivity index (χ0) is 17.3. The fraction of sp³-hybridized carbons (Fsp3) is 0.278. The van der Waals surface area contributed by atoms with E-state index in [1.54, 1.807) is 6.21 Å². The number of hydrogen-bond acceptors (Lipinski definition) is 5. The van der Waals surface area contributed by atoms with Crippen LogP contribution in [-0.4, -0.2) is 16.2 Å². The van der Waals surface area contributed by atoms with Gasteiger partial charge in [0.05, 0.1) is 6.21 Å². The van der Waals surface area contributed by atoms with Gasteiger partial charge < -0.3 is 9.40 Å². The number of hydrogen-bond donors (Lipinski definition) is 2. The van der Waals surface area contributed by atoms with Gasteiger partial charge in [-0.05, 0) is 13.0 Å². The number of H-pyrrole nitrogens is 1. The highest BCUT2D eigenvalue weighted by atomic mass is 16.4. The Labute approximate surface area is 140 Å². The molecular weight excluding hydrogens is 302 g/mol. The second kappa shape index (κ2) is 5.85. The smallest absolute Gasteiger partial charge is 0.252 e. The number of nitrogens with one attached hydrogen (secondary N) is 2. The Morgan fingerprint density at radius 2 is 2.08 bits per heavy atom. The zero-order valence-electron chi connectivity index (χ0n) is 14.1. The number of aromatic amines is 1. The van der Waals surface area contributed by atoms with Crippen LogP contribution in [0.5, 0.6) is 0 Å². The van der Waals surface area contributed by atoms with Crippen molar-refractivity contribution in [1.29, 1.82) is 5.26 Å². The highest BCUT2D eigenvalue weighted by Crippen LogP contribution is 2.27. The molecule has 0 aliphatic carbocycles. The molecule has 3 rings (SSSR count). The monoisotopic (exact) mass is 321 g/mol. The maximum Gasteiger partial charge on any atom is 0.252 e. The molecule has 122 valence electrons. The summed E-state index contributed by atoms with van der Waals surface area (Å²) in [7, 11) is 0. The van der Waals surface area contributed by atoms with Crippen LogP contribution in [0.3, 0.4) is 0 Å². The molecule has 3 aromatic rings. The van der Waals surface area contributed by atoms with Crippen LogP contribution in [0.15, 0.2) is 33.8 Å². The number of para-hydroxylation sites is 1. The van der Waals surface area contributed by atoms with Crippen molar-refractivity contribution >= 4 is 23.0 Å². The highest BCUT2D eigenvalue weighted by molar-refractivity contribution is 6.00. The SMILES string of the molecule is Cc1[nH]c2ccccc2c1/C=N\Nc1oc(C(C)(C)C)nc1C#N. The highest BCUT2D eigenvalue weighted by Gasteiger charge is 2.23. The van der Waals surface area contributed by atoms with Crippen molar-refractivity contribution in [2.24, 2.45) is 5.10 Å². The van der Waals surface area contributed by atoms with Crippen molar-refractivity contribution in [3.8, 4) is 6.07 Å². The van der Waals surface area contributed by atoms with Gasteiger partial charge in [-0.1, -0.05) is 39.0 Å². The van der Waals surface area contributed by atoms with E-state index < -0.39 is 0 Å². The molecule has 0 fully saturated rings. The van der Waals surface area contributed by atoms with Crippen LogP contribution in [0.2, 0.25) is 0 Å². The average Bonchev–Trinajstić information content (AvgIpc) is 3.08. The molecule has 0 aliphatic heterocycles. The maximum atomic E-state index is 9.20. The van der Waals surface area contributed by atoms with Crippen LogP contribution < -0.4 is 5.43 Å². The molecule has 0 amide bonds. The summed E-state index contributed by atoms with van der Waals surface area (Å²) in [5.74, 6) is 0.760. The molecule has 0 radical (unpaired) electrons. The predicted molar refractivity (Wildman–Crippen MR) is 94.2 cm³/mol. The van der Waals surface area contributed by atoms with Crippen LogP contribution in [0.25, 0.3) is 10.9 Å². The lowest BCUT2D eigenvalue weighted by molar-refractivity contribution is 0.399. The fourth-order valence-electron chi connectivity index (χ4n) is 2.41. The van der Waals surface area contributed by atoms with Gasteiger partial charge in [-0.3, -0.25) is 0 Å². The molecule has 0 spiro atoms. The Kier molecular flexibility index (Phi) is 3.86. The Morgan fingerprint density at radius 3 is 2.79 bits per heavy atom. The zero-order valence-corrected chi connectivity index (χ0v) is 14.1. The van der Waals surface area contributed by atoms with E-state index in [1.807, 2.05) is 58.0 Å². The number of fused-ring (bicyclic) bond motifs is 1. The lowest BCUT2D eigenvalue weighted by atomic mass is 9.97. The summed E-state index contributed by atoms with van der Waals surface area (Å²) in [6, 6.07) is 10.1. The molecule has 0 saturated carbocycles. The van der Waals surface area contributed by atoms with Crippen LogP contribution in [0, 0.1) is 18.3 Å². The molecule has 0 bridgehead atoms. The molecule has 6 nitrogen and oxygen atoms in total. The average molecular weight is 321 g/mol. The number of rotatable bonds is 3. The van der Waals surface area contributed by atoms with Crippen LogP contribution in [0.4, 0.5) is 5.88 Å². The number of oxazole rings is 1. The molecule has 6 heteroatoms. The number of aromatic nitrogens is 2. The lowest BCUT2D eigenvalue weighted by Crippen LogP contribution is -2.11. The normalized spacial score (nSPS) is 12.0. The first kappa shape index (κ1) is 15.8. The van der Waals surface area contributed by atoms with Gasteiger partial charge in [0.25, 0.3) is 5.88 Å². The van der Waals surface area contributed by atoms with E-state index in [1.165, 1.54) is 0 Å². The van der Waals surface area contributed by atoms with Crippen molar-refractivity contribution in [2.45, 2.75) is 33.1 Å². The van der Waals surface area contributed by atoms with Gasteiger partial charge in [-0.15, -0.1) is 0 Å². The van der Waals surface area contributed by atoms with Gasteiger partial charge in [0.2, 0.25) is 11.6 Å². The summed E-state index contributed by atoms with van der Waals surface area (Å²) in [5, 5.41) is 14.5. The summed E-state index contributed by atoms with van der Waals surface area (Å²) in [4.78, 5) is 7.53. The standard InChI is InChI=1S/C18H19N5O/c1-11-13(12-7-5-6-8-14(12)21-11)10-20-23-16-15(9-19)22-17(24-16)18(2,3)4/h5-8,10,21,23H,1-4H3/b20-10-. The third-order valence-electron chi connectivity index (χ3n) is 3.68. The second-order valence-electron chi connectivity index (χ2n) is 6.64. The second-order valence-corrected chi connectivity index (χ2v) is 6.64. The number of hydrazone groups is 1. The third-order valence-corrected chi connectivity index (χ3v) is 3.68. The van der Waals surface area contributed by atoms with E-state index in [0.29, 0.717) is 5.89 Å². The summed E-state index contributed by atoms with van der Waals surface area (Å²) in [6.45, 7) is 7.92. The van der Waals surface area contributed by atoms with E-state index in [0.717, 1.165) is 22.2 Å². The van der Waals surface area contributed by atoms with Crippen molar-refractivity contribution in [1.82, 2.24) is 9.97 Å². The minimum Gasteiger partial charge on any atom is -0.421 e. The van der Waals surface area contributed by atoms with Gasteiger partial charge in [0.15, 0.2) is 0 Å². The van der Waals surface area contributed by atoms with Crippen molar-refractivity contribution in [3.05, 3.63) is 47.1 Å². The molecule has 0 unspecified atom stereocenters. The van der Waals surface area contributed by atoms with E-state index >= 15 is 0 Å². The largest absolute Gasteiger partial charge is 0.421 e. The summed E-state index contributed by atoms with van der Waals surface area (Å²) >= 11 is 0. The molecule has 24 heavy (non-hydrogen) atoms. The summed E-state index contributed by atoms with van der Waals surface area (Å²) in [6.07, 6.45) is 1.72. The first-order valence-corrected chi connectivity index (χ1v) is 7.68. The molecule has 0 aliphatic rings. The minimum atomic E-state index is -0.275. The number of anilines is 1. The molecule has 2 N–H and O–H groups in total. The summed E-state index contributed by atoms with van der Waals surface area (Å²) < 4.78 is 5.64. The minimum absolute atomic E-state index is 0.202. The predicted octanol–water partition coefficient (Wildman–Crippen LogP) is 4.08. The molecule has 1 aromatic carbocycles.